The van der Waals surface area contributed by atoms with E-state index in [-0.39, 0.29) is 17.1 Å². The Labute approximate surface area is 121 Å². The molecule has 1 heterocycles. The van der Waals surface area contributed by atoms with Crippen LogP contribution in [0.5, 0.6) is 0 Å². The molecule has 0 aliphatic carbocycles. The second-order valence-electron chi connectivity index (χ2n) is 4.64. The highest BCUT2D eigenvalue weighted by atomic mass is 16.6. The van der Waals surface area contributed by atoms with Crippen molar-refractivity contribution in [2.75, 3.05) is 0 Å². The Bertz CT molecular complexity index is 777. The van der Waals surface area contributed by atoms with Crippen molar-refractivity contribution >= 4 is 5.69 Å². The summed E-state index contributed by atoms with van der Waals surface area (Å²) < 4.78 is 4.93. The zero-order chi connectivity index (χ0) is 14.8. The van der Waals surface area contributed by atoms with Gasteiger partial charge in [-0.3, -0.25) is 10.1 Å². The maximum Gasteiger partial charge on any atom is 0.339 e. The molecular weight excluding hydrogens is 268 g/mol. The molecule has 0 aliphatic heterocycles. The summed E-state index contributed by atoms with van der Waals surface area (Å²) in [6, 6.07) is 17.4. The third-order valence-corrected chi connectivity index (χ3v) is 3.28. The highest BCUT2D eigenvalue weighted by molar-refractivity contribution is 5.73. The Balaban J connectivity index is 2.01. The van der Waals surface area contributed by atoms with Gasteiger partial charge in [-0.25, -0.2) is 0 Å². The predicted octanol–water partition coefficient (Wildman–Crippen LogP) is 4.23. The lowest BCUT2D eigenvalue weighted by atomic mass is 10.0. The first-order valence-corrected chi connectivity index (χ1v) is 6.43. The summed E-state index contributed by atoms with van der Waals surface area (Å²) in [6.45, 7) is 1.53. The lowest BCUT2D eigenvalue weighted by Gasteiger charge is -2.02. The minimum absolute atomic E-state index is 0.0811. The van der Waals surface area contributed by atoms with Gasteiger partial charge in [0, 0.05) is 12.5 Å². The highest BCUT2D eigenvalue weighted by Crippen LogP contribution is 2.32. The standard InChI is InChI=1S/C16H12N2O3/c1-11-16(18(19)20)15(17-21-11)14-9-7-13(8-10-14)12-5-3-2-4-6-12/h2-10H,1H3. The van der Waals surface area contributed by atoms with E-state index in [9.17, 15) is 10.1 Å². The largest absolute Gasteiger partial charge is 0.354 e. The van der Waals surface area contributed by atoms with Crippen LogP contribution in [-0.4, -0.2) is 10.1 Å². The van der Waals surface area contributed by atoms with Crippen LogP contribution >= 0.6 is 0 Å². The summed E-state index contributed by atoms with van der Waals surface area (Å²) in [4.78, 5) is 10.6. The summed E-state index contributed by atoms with van der Waals surface area (Å²) in [5.74, 6) is 0.210. The number of hydrogen-bond donors (Lipinski definition) is 0. The van der Waals surface area contributed by atoms with Crippen LogP contribution in [0.1, 0.15) is 5.76 Å². The van der Waals surface area contributed by atoms with Gasteiger partial charge >= 0.3 is 5.69 Å². The number of hydrogen-bond acceptors (Lipinski definition) is 4. The summed E-state index contributed by atoms with van der Waals surface area (Å²) in [5, 5.41) is 14.9. The number of nitro groups is 1. The molecule has 0 saturated carbocycles. The van der Waals surface area contributed by atoms with Crippen LogP contribution in [-0.2, 0) is 0 Å². The number of aromatic nitrogens is 1. The Kier molecular flexibility index (Phi) is 3.23. The first-order chi connectivity index (χ1) is 10.2. The molecule has 0 spiro atoms. The molecule has 3 aromatic rings. The minimum Gasteiger partial charge on any atom is -0.354 e. The van der Waals surface area contributed by atoms with Gasteiger partial charge in [0.1, 0.15) is 0 Å². The van der Waals surface area contributed by atoms with Crippen LogP contribution in [0, 0.1) is 17.0 Å². The average molecular weight is 280 g/mol. The predicted molar refractivity (Wildman–Crippen MR) is 78.8 cm³/mol. The van der Waals surface area contributed by atoms with E-state index in [0.29, 0.717) is 5.56 Å². The smallest absolute Gasteiger partial charge is 0.339 e. The van der Waals surface area contributed by atoms with E-state index in [1.807, 2.05) is 54.6 Å². The highest BCUT2D eigenvalue weighted by Gasteiger charge is 2.25. The van der Waals surface area contributed by atoms with Gasteiger partial charge in [-0.2, -0.15) is 0 Å². The molecule has 0 unspecified atom stereocenters. The third kappa shape index (κ3) is 2.41. The number of benzene rings is 2. The van der Waals surface area contributed by atoms with Crippen LogP contribution in [0.15, 0.2) is 59.1 Å². The Hall–Kier alpha value is -2.95. The second-order valence-corrected chi connectivity index (χ2v) is 4.64. The number of rotatable bonds is 3. The van der Waals surface area contributed by atoms with Gasteiger partial charge in [0.05, 0.1) is 4.92 Å². The van der Waals surface area contributed by atoms with Crippen molar-refractivity contribution in [3.8, 4) is 22.4 Å². The molecule has 0 bridgehead atoms. The van der Waals surface area contributed by atoms with Crippen LogP contribution in [0.3, 0.4) is 0 Å². The molecule has 2 aromatic carbocycles. The van der Waals surface area contributed by atoms with E-state index >= 15 is 0 Å². The van der Waals surface area contributed by atoms with Crippen LogP contribution < -0.4 is 0 Å². The minimum atomic E-state index is -0.466. The maximum atomic E-state index is 11.1. The Morgan fingerprint density at radius 2 is 1.52 bits per heavy atom. The summed E-state index contributed by atoms with van der Waals surface area (Å²) in [5.41, 5.74) is 2.98. The molecule has 0 N–H and O–H groups in total. The molecule has 0 saturated heterocycles. The van der Waals surface area contributed by atoms with E-state index in [2.05, 4.69) is 5.16 Å². The monoisotopic (exact) mass is 280 g/mol. The number of nitrogens with zero attached hydrogens (tertiary/aromatic N) is 2. The normalized spacial score (nSPS) is 10.5. The van der Waals surface area contributed by atoms with E-state index in [1.54, 1.807) is 0 Å². The van der Waals surface area contributed by atoms with Crippen LogP contribution in [0.2, 0.25) is 0 Å². The quantitative estimate of drug-likeness (QED) is 0.532. The Morgan fingerprint density at radius 3 is 2.14 bits per heavy atom. The molecule has 21 heavy (non-hydrogen) atoms. The van der Waals surface area contributed by atoms with Crippen LogP contribution in [0.4, 0.5) is 5.69 Å². The van der Waals surface area contributed by atoms with Gasteiger partial charge in [0.15, 0.2) is 5.69 Å². The van der Waals surface area contributed by atoms with E-state index < -0.39 is 4.92 Å². The fraction of sp³-hybridized carbons (Fsp3) is 0.0625. The zero-order valence-electron chi connectivity index (χ0n) is 11.3. The van der Waals surface area contributed by atoms with Crippen LogP contribution in [0.25, 0.3) is 22.4 Å². The van der Waals surface area contributed by atoms with Gasteiger partial charge in [-0.05, 0) is 11.1 Å². The van der Waals surface area contributed by atoms with E-state index in [0.717, 1.165) is 11.1 Å². The average Bonchev–Trinajstić information content (AvgIpc) is 2.90. The van der Waals surface area contributed by atoms with E-state index in [1.165, 1.54) is 6.92 Å². The first kappa shape index (κ1) is 13.1. The zero-order valence-corrected chi connectivity index (χ0v) is 11.3. The molecule has 0 aliphatic rings. The SMILES string of the molecule is Cc1onc(-c2ccc(-c3ccccc3)cc2)c1[N+](=O)[O-]. The molecule has 3 rings (SSSR count). The molecule has 1 aromatic heterocycles. The molecular formula is C16H12N2O3. The van der Waals surface area contributed by atoms with Crippen molar-refractivity contribution in [3.63, 3.8) is 0 Å². The molecule has 104 valence electrons. The van der Waals surface area contributed by atoms with Crippen molar-refractivity contribution in [1.29, 1.82) is 0 Å². The van der Waals surface area contributed by atoms with Crippen molar-refractivity contribution in [1.82, 2.24) is 5.16 Å². The third-order valence-electron chi connectivity index (χ3n) is 3.28. The van der Waals surface area contributed by atoms with Crippen molar-refractivity contribution in [2.24, 2.45) is 0 Å². The van der Waals surface area contributed by atoms with Gasteiger partial charge in [-0.1, -0.05) is 59.8 Å². The lowest BCUT2D eigenvalue weighted by molar-refractivity contribution is -0.385. The molecule has 0 radical (unpaired) electrons. The Morgan fingerprint density at radius 1 is 0.952 bits per heavy atom. The molecule has 0 amide bonds. The van der Waals surface area contributed by atoms with E-state index in [4.69, 9.17) is 4.52 Å². The summed E-state index contributed by atoms with van der Waals surface area (Å²) in [6.07, 6.45) is 0. The molecule has 0 atom stereocenters. The van der Waals surface area contributed by atoms with Gasteiger partial charge in [-0.15, -0.1) is 0 Å². The molecule has 5 nitrogen and oxygen atoms in total. The van der Waals surface area contributed by atoms with Gasteiger partial charge < -0.3 is 4.52 Å². The topological polar surface area (TPSA) is 69.2 Å². The number of aryl methyl sites for hydroxylation is 1. The second kappa shape index (κ2) is 5.20. The molecule has 0 fully saturated rings. The van der Waals surface area contributed by atoms with Crippen molar-refractivity contribution < 1.29 is 9.45 Å². The molecule has 5 heteroatoms. The fourth-order valence-electron chi connectivity index (χ4n) is 2.22. The lowest BCUT2D eigenvalue weighted by Crippen LogP contribution is -1.91. The maximum absolute atomic E-state index is 11.1. The first-order valence-electron chi connectivity index (χ1n) is 6.43. The summed E-state index contributed by atoms with van der Waals surface area (Å²) >= 11 is 0. The van der Waals surface area contributed by atoms with Crippen molar-refractivity contribution in [2.45, 2.75) is 6.92 Å². The summed E-state index contributed by atoms with van der Waals surface area (Å²) in [7, 11) is 0. The van der Waals surface area contributed by atoms with Gasteiger partial charge in [0.25, 0.3) is 0 Å². The fourth-order valence-corrected chi connectivity index (χ4v) is 2.22. The van der Waals surface area contributed by atoms with Gasteiger partial charge in [0.2, 0.25) is 5.76 Å². The van der Waals surface area contributed by atoms with Crippen molar-refractivity contribution in [3.05, 3.63) is 70.5 Å².